The Kier molecular flexibility index (Phi) is 11.6. The van der Waals surface area contributed by atoms with Gasteiger partial charge in [-0.15, -0.1) is 5.10 Å². The normalized spacial score (nSPS) is 20.0. The number of ether oxygens (including phenoxy) is 4. The Balaban J connectivity index is 1.54. The molecule has 1 amide bonds. The summed E-state index contributed by atoms with van der Waals surface area (Å²) in [5.74, 6) is -2.12. The molecule has 0 unspecified atom stereocenters. The lowest BCUT2D eigenvalue weighted by Gasteiger charge is -2.20. The minimum absolute atomic E-state index is 0.0398. The van der Waals surface area contributed by atoms with Crippen LogP contribution >= 0.6 is 7.60 Å². The smallest absolute Gasteiger partial charge is 0.388 e. The van der Waals surface area contributed by atoms with E-state index in [4.69, 9.17) is 28.0 Å². The molecule has 3 aromatic rings. The first-order valence-electron chi connectivity index (χ1n) is 15.5. The van der Waals surface area contributed by atoms with Gasteiger partial charge in [-0.3, -0.25) is 47.7 Å². The Morgan fingerprint density at radius 1 is 1.08 bits per heavy atom. The summed E-state index contributed by atoms with van der Waals surface area (Å²) in [4.78, 5) is 60.4. The fourth-order valence-electron chi connectivity index (χ4n) is 4.37. The van der Waals surface area contributed by atoms with Gasteiger partial charge in [0.25, 0.3) is 5.56 Å². The second kappa shape index (κ2) is 15.0. The largest absolute Gasteiger partial charge is 0.438 e. The van der Waals surface area contributed by atoms with Crippen molar-refractivity contribution in [3.05, 3.63) is 22.9 Å². The summed E-state index contributed by atoms with van der Waals surface area (Å²) in [6.07, 6.45) is -1.78. The highest BCUT2D eigenvalue weighted by Gasteiger charge is 2.46. The van der Waals surface area contributed by atoms with E-state index in [0.29, 0.717) is 0 Å². The third kappa shape index (κ3) is 8.80. The van der Waals surface area contributed by atoms with Crippen LogP contribution in [0.25, 0.3) is 11.2 Å². The Morgan fingerprint density at radius 3 is 2.22 bits per heavy atom. The summed E-state index contributed by atoms with van der Waals surface area (Å²) < 4.78 is 49.0. The maximum absolute atomic E-state index is 13.9. The minimum Gasteiger partial charge on any atom is -0.438 e. The maximum Gasteiger partial charge on any atom is 0.388 e. The molecular weight excluding hydrogens is 683 g/mol. The van der Waals surface area contributed by atoms with Crippen LogP contribution in [-0.4, -0.2) is 96.5 Å². The van der Waals surface area contributed by atoms with Crippen LogP contribution in [0.15, 0.2) is 17.3 Å². The van der Waals surface area contributed by atoms with Crippen LogP contribution in [0.5, 0.6) is 0 Å². The van der Waals surface area contributed by atoms with Crippen molar-refractivity contribution < 1.29 is 52.1 Å². The van der Waals surface area contributed by atoms with Crippen LogP contribution in [0.3, 0.4) is 0 Å². The van der Waals surface area contributed by atoms with Crippen molar-refractivity contribution in [1.82, 2.24) is 34.5 Å². The number of esters is 2. The Bertz CT molecular complexity index is 1770. The molecule has 0 bridgehead atoms. The van der Waals surface area contributed by atoms with E-state index < -0.39 is 74.0 Å². The number of hydrogen-bond donors (Lipinski definition) is 3. The molecule has 1 fully saturated rings. The molecular formula is C29H43N8O12P. The number of carbonyl (C=O) groups excluding carboxylic acids is 3. The van der Waals surface area contributed by atoms with Crippen LogP contribution in [-0.2, 0) is 53.5 Å². The molecule has 21 heteroatoms. The van der Waals surface area contributed by atoms with E-state index in [2.05, 4.69) is 30.6 Å². The van der Waals surface area contributed by atoms with Crippen LogP contribution < -0.4 is 16.3 Å². The summed E-state index contributed by atoms with van der Waals surface area (Å²) in [5, 5.41) is 21.6. The Hall–Kier alpha value is -4.07. The van der Waals surface area contributed by atoms with Gasteiger partial charge in [0, 0.05) is 13.0 Å². The summed E-state index contributed by atoms with van der Waals surface area (Å²) in [6, 6.07) is 0. The molecule has 4 rings (SSSR count). The molecule has 1 aliphatic rings. The number of rotatable bonds is 13. The van der Waals surface area contributed by atoms with E-state index in [0.717, 1.165) is 0 Å². The van der Waals surface area contributed by atoms with Gasteiger partial charge in [-0.05, 0) is 41.5 Å². The lowest BCUT2D eigenvalue weighted by atomic mass is 9.98. The van der Waals surface area contributed by atoms with E-state index in [9.17, 15) is 28.8 Å². The zero-order valence-electron chi connectivity index (χ0n) is 29.2. The third-order valence-corrected chi connectivity index (χ3v) is 8.94. The average Bonchev–Trinajstić information content (AvgIpc) is 3.74. The molecule has 50 heavy (non-hydrogen) atoms. The number of nitrogens with one attached hydrogen (secondary N) is 2. The number of methoxy groups -OCH3 is 1. The quantitative estimate of drug-likeness (QED) is 0.127. The fourth-order valence-corrected chi connectivity index (χ4v) is 5.52. The van der Waals surface area contributed by atoms with Gasteiger partial charge in [-0.25, -0.2) is 9.67 Å². The molecule has 0 radical (unpaired) electrons. The number of aliphatic hydroxyl groups excluding tert-OH is 1. The van der Waals surface area contributed by atoms with E-state index in [1.165, 1.54) is 28.9 Å². The first kappa shape index (κ1) is 38.7. The van der Waals surface area contributed by atoms with Crippen molar-refractivity contribution in [1.29, 1.82) is 0 Å². The second-order valence-corrected chi connectivity index (χ2v) is 15.8. The van der Waals surface area contributed by atoms with E-state index >= 15 is 0 Å². The molecule has 0 aromatic carbocycles. The SMILES string of the molecule is CO[C@@H]1[C@H](O)[C@@H](Cn2cc(P(=O)(OCOC(=O)C(C)(C)C)OCOC(=O)C(C)(C)C)nn2)O[C@H]1n1cnc2c(=O)[nH]c(NC(=O)C(C)C)nc21. The van der Waals surface area contributed by atoms with Crippen molar-refractivity contribution in [2.24, 2.45) is 16.7 Å². The molecule has 1 saturated heterocycles. The summed E-state index contributed by atoms with van der Waals surface area (Å²) in [6.45, 7) is 11.4. The lowest BCUT2D eigenvalue weighted by Crippen LogP contribution is -2.35. The van der Waals surface area contributed by atoms with Gasteiger partial charge in [0.2, 0.25) is 25.4 Å². The van der Waals surface area contributed by atoms with Crippen LogP contribution in [0.4, 0.5) is 5.95 Å². The second-order valence-electron chi connectivity index (χ2n) is 13.8. The Labute approximate surface area is 286 Å². The molecule has 0 aliphatic carbocycles. The Morgan fingerprint density at radius 2 is 1.68 bits per heavy atom. The van der Waals surface area contributed by atoms with E-state index in [1.54, 1.807) is 55.4 Å². The number of aromatic amines is 1. The third-order valence-electron chi connectivity index (χ3n) is 7.28. The molecule has 20 nitrogen and oxygen atoms in total. The van der Waals surface area contributed by atoms with Crippen LogP contribution in [0, 0.1) is 16.7 Å². The molecule has 3 N–H and O–H groups in total. The van der Waals surface area contributed by atoms with Crippen LogP contribution in [0.2, 0.25) is 0 Å². The summed E-state index contributed by atoms with van der Waals surface area (Å²) >= 11 is 0. The number of aromatic nitrogens is 7. The standard InChI is InChI=1S/C29H43N8O12P/c1-15(2)22(39)32-27-31-21-18(23(40)33-27)30-12-37(21)24-20(44-9)19(38)16(49-24)10-36-11-17(34-35-36)50(43,47-13-45-25(41)28(3,4)5)48-14-46-26(42)29(6,7)8/h11-12,15-16,19-20,24,38H,10,13-14H2,1-9H3,(H2,31,32,33,39,40)/t16-,19-,20-,24-/m1/s1. The van der Waals surface area contributed by atoms with Gasteiger partial charge in [0.1, 0.15) is 18.3 Å². The van der Waals surface area contributed by atoms with Gasteiger partial charge < -0.3 is 24.1 Å². The molecule has 1 aliphatic heterocycles. The molecule has 3 aromatic heterocycles. The molecule has 4 atom stereocenters. The predicted molar refractivity (Wildman–Crippen MR) is 173 cm³/mol. The predicted octanol–water partition coefficient (Wildman–Crippen LogP) is 1.22. The number of H-pyrrole nitrogens is 1. The highest BCUT2D eigenvalue weighted by atomic mass is 31.2. The number of nitrogens with zero attached hydrogens (tertiary/aromatic N) is 6. The monoisotopic (exact) mass is 726 g/mol. The summed E-state index contributed by atoms with van der Waals surface area (Å²) in [7, 11) is -3.05. The molecule has 276 valence electrons. The molecule has 0 saturated carbocycles. The highest BCUT2D eigenvalue weighted by molar-refractivity contribution is 7.61. The number of aliphatic hydroxyl groups is 1. The number of hydrogen-bond acceptors (Lipinski definition) is 16. The first-order chi connectivity index (χ1) is 23.2. The zero-order valence-corrected chi connectivity index (χ0v) is 30.1. The van der Waals surface area contributed by atoms with Crippen LogP contribution in [0.1, 0.15) is 61.6 Å². The van der Waals surface area contributed by atoms with Crippen molar-refractivity contribution in [3.63, 3.8) is 0 Å². The number of amides is 1. The van der Waals surface area contributed by atoms with Crippen molar-refractivity contribution >= 4 is 48.0 Å². The summed E-state index contributed by atoms with van der Waals surface area (Å²) in [5.41, 5.74) is -2.65. The average molecular weight is 727 g/mol. The van der Waals surface area contributed by atoms with Gasteiger partial charge in [0.15, 0.2) is 22.8 Å². The van der Waals surface area contributed by atoms with Gasteiger partial charge in [-0.1, -0.05) is 19.1 Å². The molecule has 4 heterocycles. The van der Waals surface area contributed by atoms with Crippen molar-refractivity contribution in [3.8, 4) is 0 Å². The number of imidazole rings is 1. The van der Waals surface area contributed by atoms with Gasteiger partial charge in [-0.2, -0.15) is 4.98 Å². The van der Waals surface area contributed by atoms with E-state index in [1.807, 2.05) is 0 Å². The van der Waals surface area contributed by atoms with Gasteiger partial charge >= 0.3 is 19.5 Å². The van der Waals surface area contributed by atoms with Crippen molar-refractivity contribution in [2.45, 2.75) is 86.5 Å². The van der Waals surface area contributed by atoms with Gasteiger partial charge in [0.05, 0.1) is 29.9 Å². The van der Waals surface area contributed by atoms with Crippen molar-refractivity contribution in [2.75, 3.05) is 26.0 Å². The lowest BCUT2D eigenvalue weighted by molar-refractivity contribution is -0.161. The number of fused-ring (bicyclic) bond motifs is 1. The first-order valence-corrected chi connectivity index (χ1v) is 17.1. The maximum atomic E-state index is 13.9. The zero-order chi connectivity index (χ0) is 37.2. The minimum atomic E-state index is -4.41. The topological polar surface area (TPSA) is 250 Å². The highest BCUT2D eigenvalue weighted by Crippen LogP contribution is 2.46. The van der Waals surface area contributed by atoms with E-state index in [-0.39, 0.29) is 40.9 Å². The molecule has 0 spiro atoms. The number of anilines is 1. The fraction of sp³-hybridized carbons (Fsp3) is 0.655. The number of carbonyl (C=O) groups is 3.